The molecule has 0 radical (unpaired) electrons. The van der Waals surface area contributed by atoms with E-state index in [2.05, 4.69) is 26.1 Å². The zero-order valence-electron chi connectivity index (χ0n) is 5.37. The Labute approximate surface area is 62.2 Å². The van der Waals surface area contributed by atoms with Crippen LogP contribution in [0, 0.1) is 0 Å². The normalized spacial score (nSPS) is 10.7. The first kappa shape index (κ1) is 6.74. The van der Waals surface area contributed by atoms with Gasteiger partial charge in [-0.15, -0.1) is 5.10 Å². The predicted molar refractivity (Wildman–Crippen MR) is 38.1 cm³/mol. The van der Waals surface area contributed by atoms with Crippen molar-refractivity contribution in [1.82, 2.24) is 15.0 Å². The van der Waals surface area contributed by atoms with Gasteiger partial charge in [0.15, 0.2) is 0 Å². The summed E-state index contributed by atoms with van der Waals surface area (Å²) >= 11 is 3.21. The average Bonchev–Trinajstić information content (AvgIpc) is 2.14. The van der Waals surface area contributed by atoms with Crippen molar-refractivity contribution in [2.45, 2.75) is 19.9 Å². The molecule has 0 spiro atoms. The molecule has 4 heteroatoms. The van der Waals surface area contributed by atoms with E-state index in [4.69, 9.17) is 0 Å². The number of hydrogen-bond acceptors (Lipinski definition) is 2. The quantitative estimate of drug-likeness (QED) is 0.673. The molecule has 0 amide bonds. The van der Waals surface area contributed by atoms with Gasteiger partial charge in [-0.3, -0.25) is 0 Å². The molecule has 9 heavy (non-hydrogen) atoms. The summed E-state index contributed by atoms with van der Waals surface area (Å²) in [7, 11) is 0. The Morgan fingerprint density at radius 2 is 2.33 bits per heavy atom. The number of halogens is 1. The minimum atomic E-state index is 0.344. The van der Waals surface area contributed by atoms with E-state index in [0.29, 0.717) is 6.04 Å². The summed E-state index contributed by atoms with van der Waals surface area (Å²) in [6.45, 7) is 4.07. The Balaban J connectivity index is 2.85. The van der Waals surface area contributed by atoms with Crippen LogP contribution in [0.3, 0.4) is 0 Å². The van der Waals surface area contributed by atoms with Crippen molar-refractivity contribution >= 4 is 15.9 Å². The first-order chi connectivity index (χ1) is 4.20. The van der Waals surface area contributed by atoms with Crippen LogP contribution in [0.1, 0.15) is 19.9 Å². The molecule has 0 aromatic carbocycles. The molecule has 0 unspecified atom stereocenters. The SMILES string of the molecule is CC(C)n1ncc(Br)n1. The average molecular weight is 190 g/mol. The summed E-state index contributed by atoms with van der Waals surface area (Å²) in [4.78, 5) is 1.66. The number of nitrogens with zero attached hydrogens (tertiary/aromatic N) is 3. The molecule has 50 valence electrons. The fraction of sp³-hybridized carbons (Fsp3) is 0.600. The third-order valence-electron chi connectivity index (χ3n) is 0.942. The molecule has 0 aliphatic rings. The van der Waals surface area contributed by atoms with Crippen molar-refractivity contribution in [1.29, 1.82) is 0 Å². The number of hydrogen-bond donors (Lipinski definition) is 0. The highest BCUT2D eigenvalue weighted by Crippen LogP contribution is 2.04. The Morgan fingerprint density at radius 1 is 1.67 bits per heavy atom. The zero-order chi connectivity index (χ0) is 6.85. The maximum absolute atomic E-state index is 4.03. The van der Waals surface area contributed by atoms with E-state index >= 15 is 0 Å². The lowest BCUT2D eigenvalue weighted by molar-refractivity contribution is 0.464. The van der Waals surface area contributed by atoms with Gasteiger partial charge in [0.25, 0.3) is 0 Å². The predicted octanol–water partition coefficient (Wildman–Crippen LogP) is 1.62. The molecule has 1 aromatic rings. The van der Waals surface area contributed by atoms with Gasteiger partial charge in [0.05, 0.1) is 12.2 Å². The maximum Gasteiger partial charge on any atom is 0.148 e. The first-order valence-corrected chi connectivity index (χ1v) is 3.57. The lowest BCUT2D eigenvalue weighted by Gasteiger charge is -1.99. The Morgan fingerprint density at radius 3 is 2.56 bits per heavy atom. The molecule has 0 aliphatic carbocycles. The molecular weight excluding hydrogens is 182 g/mol. The van der Waals surface area contributed by atoms with Gasteiger partial charge in [-0.1, -0.05) is 0 Å². The standard InChI is InChI=1S/C5H8BrN3/c1-4(2)9-7-3-5(6)8-9/h3-4H,1-2H3. The second kappa shape index (κ2) is 2.47. The van der Waals surface area contributed by atoms with E-state index in [0.717, 1.165) is 4.60 Å². The van der Waals surface area contributed by atoms with Crippen LogP contribution in [-0.2, 0) is 0 Å². The Kier molecular flexibility index (Phi) is 1.85. The van der Waals surface area contributed by atoms with Gasteiger partial charge in [-0.05, 0) is 29.8 Å². The third kappa shape index (κ3) is 1.51. The van der Waals surface area contributed by atoms with E-state index in [9.17, 15) is 0 Å². The monoisotopic (exact) mass is 189 g/mol. The van der Waals surface area contributed by atoms with E-state index in [1.165, 1.54) is 0 Å². The summed E-state index contributed by atoms with van der Waals surface area (Å²) in [5.41, 5.74) is 0. The van der Waals surface area contributed by atoms with Crippen molar-refractivity contribution in [2.24, 2.45) is 0 Å². The van der Waals surface area contributed by atoms with E-state index < -0.39 is 0 Å². The van der Waals surface area contributed by atoms with Gasteiger partial charge in [0.1, 0.15) is 4.60 Å². The highest BCUT2D eigenvalue weighted by Gasteiger charge is 1.98. The third-order valence-corrected chi connectivity index (χ3v) is 1.31. The van der Waals surface area contributed by atoms with Crippen molar-refractivity contribution in [3.05, 3.63) is 10.8 Å². The molecule has 0 atom stereocenters. The Bertz CT molecular complexity index is 194. The summed E-state index contributed by atoms with van der Waals surface area (Å²) in [6.07, 6.45) is 1.68. The van der Waals surface area contributed by atoms with Gasteiger partial charge in [-0.25, -0.2) is 0 Å². The van der Waals surface area contributed by atoms with Gasteiger partial charge in [0.2, 0.25) is 0 Å². The topological polar surface area (TPSA) is 30.7 Å². The van der Waals surface area contributed by atoms with Crippen LogP contribution in [0.4, 0.5) is 0 Å². The molecule has 0 bridgehead atoms. The second-order valence-electron chi connectivity index (χ2n) is 2.08. The van der Waals surface area contributed by atoms with Gasteiger partial charge < -0.3 is 0 Å². The van der Waals surface area contributed by atoms with Gasteiger partial charge in [-0.2, -0.15) is 9.90 Å². The Hall–Kier alpha value is -0.380. The molecule has 3 nitrogen and oxygen atoms in total. The summed E-state index contributed by atoms with van der Waals surface area (Å²) in [5, 5.41) is 8.01. The highest BCUT2D eigenvalue weighted by molar-refractivity contribution is 9.10. The van der Waals surface area contributed by atoms with Crippen LogP contribution >= 0.6 is 15.9 Å². The lowest BCUT2D eigenvalue weighted by atomic mass is 10.4. The molecule has 0 saturated carbocycles. The van der Waals surface area contributed by atoms with Crippen LogP contribution in [0.25, 0.3) is 0 Å². The smallest absolute Gasteiger partial charge is 0.148 e. The van der Waals surface area contributed by atoms with Gasteiger partial charge >= 0.3 is 0 Å². The van der Waals surface area contributed by atoms with Crippen molar-refractivity contribution in [3.8, 4) is 0 Å². The van der Waals surface area contributed by atoms with E-state index in [1.807, 2.05) is 13.8 Å². The minimum absolute atomic E-state index is 0.344. The molecular formula is C5H8BrN3. The fourth-order valence-corrected chi connectivity index (χ4v) is 0.759. The van der Waals surface area contributed by atoms with E-state index in [1.54, 1.807) is 11.0 Å². The van der Waals surface area contributed by atoms with Crippen LogP contribution < -0.4 is 0 Å². The van der Waals surface area contributed by atoms with Crippen LogP contribution in [-0.4, -0.2) is 15.0 Å². The number of rotatable bonds is 1. The second-order valence-corrected chi connectivity index (χ2v) is 2.89. The van der Waals surface area contributed by atoms with E-state index in [-0.39, 0.29) is 0 Å². The molecule has 0 fully saturated rings. The van der Waals surface area contributed by atoms with Crippen molar-refractivity contribution < 1.29 is 0 Å². The zero-order valence-corrected chi connectivity index (χ0v) is 6.96. The maximum atomic E-state index is 4.03. The van der Waals surface area contributed by atoms with Gasteiger partial charge in [0, 0.05) is 0 Å². The summed E-state index contributed by atoms with van der Waals surface area (Å²) in [6, 6.07) is 0.344. The van der Waals surface area contributed by atoms with Crippen LogP contribution in [0.2, 0.25) is 0 Å². The highest BCUT2D eigenvalue weighted by atomic mass is 79.9. The molecule has 1 aromatic heterocycles. The molecule has 1 heterocycles. The fourth-order valence-electron chi connectivity index (χ4n) is 0.505. The van der Waals surface area contributed by atoms with Crippen LogP contribution in [0.15, 0.2) is 10.8 Å². The molecule has 1 rings (SSSR count). The van der Waals surface area contributed by atoms with Crippen molar-refractivity contribution in [3.63, 3.8) is 0 Å². The molecule has 0 N–H and O–H groups in total. The first-order valence-electron chi connectivity index (χ1n) is 2.77. The largest absolute Gasteiger partial charge is 0.181 e. The lowest BCUT2D eigenvalue weighted by Crippen LogP contribution is -2.03. The van der Waals surface area contributed by atoms with Crippen molar-refractivity contribution in [2.75, 3.05) is 0 Å². The molecule has 0 aliphatic heterocycles. The minimum Gasteiger partial charge on any atom is -0.181 e. The van der Waals surface area contributed by atoms with Crippen LogP contribution in [0.5, 0.6) is 0 Å². The summed E-state index contributed by atoms with van der Waals surface area (Å²) in [5.74, 6) is 0. The molecule has 0 saturated heterocycles. The number of aromatic nitrogens is 3. The summed E-state index contributed by atoms with van der Waals surface area (Å²) < 4.78 is 0.788.